The molecule has 12 aromatic rings. The average Bonchev–Trinajstić information content (AvgIpc) is 1.81. The Kier molecular flexibility index (Phi) is 17.8. The summed E-state index contributed by atoms with van der Waals surface area (Å²) in [6, 6.07) is 54.5. The fraction of sp³-hybridized carbons (Fsp3) is 0.211. The molecule has 19 nitrogen and oxygen atoms in total. The second-order valence-electron chi connectivity index (χ2n) is 23.2. The topological polar surface area (TPSA) is 241 Å². The molecule has 12 rings (SSSR count). The Morgan fingerprint density at radius 3 is 0.789 bits per heavy atom. The molecule has 0 aliphatic rings. The molecule has 4 amide bonds. The van der Waals surface area contributed by atoms with Crippen LogP contribution in [-0.4, -0.2) is 166 Å². The van der Waals surface area contributed by atoms with Gasteiger partial charge in [0, 0.05) is 83.8 Å². The van der Waals surface area contributed by atoms with Gasteiger partial charge in [-0.25, -0.2) is 19.9 Å². The number of imidazole rings is 4. The highest BCUT2D eigenvalue weighted by Gasteiger charge is 2.16. The maximum atomic E-state index is 13.1. The van der Waals surface area contributed by atoms with Crippen molar-refractivity contribution < 1.29 is 19.2 Å². The lowest BCUT2D eigenvalue weighted by atomic mass is 10.0. The monoisotopic (exact) mass is 1200 g/mol. The minimum atomic E-state index is -0.132. The zero-order valence-corrected chi connectivity index (χ0v) is 51.0. The first-order valence-electron chi connectivity index (χ1n) is 30.3. The molecule has 0 bridgehead atoms. The van der Waals surface area contributed by atoms with Gasteiger partial charge in [-0.2, -0.15) is 0 Å². The molecule has 0 unspecified atom stereocenters. The maximum Gasteiger partial charge on any atom is 0.251 e. The van der Waals surface area contributed by atoms with Gasteiger partial charge in [0.1, 0.15) is 23.3 Å². The number of hydrogen-bond acceptors (Lipinski definition) is 11. The number of fused-ring (bicyclic) bond motifs is 4. The average molecular weight is 1200 g/mol. The lowest BCUT2D eigenvalue weighted by molar-refractivity contribution is 0.0942. The molecule has 90 heavy (non-hydrogen) atoms. The van der Waals surface area contributed by atoms with Gasteiger partial charge in [-0.1, -0.05) is 72.8 Å². The number of carbonyl (C=O) groups excluding carboxylic acids is 4. The Morgan fingerprint density at radius 2 is 0.544 bits per heavy atom. The molecule has 8 N–H and O–H groups in total. The summed E-state index contributed by atoms with van der Waals surface area (Å²) < 4.78 is 0. The van der Waals surface area contributed by atoms with E-state index in [9.17, 15) is 19.2 Å². The number of benzene rings is 8. The van der Waals surface area contributed by atoms with Crippen LogP contribution in [0.5, 0.6) is 0 Å². The van der Waals surface area contributed by atoms with Gasteiger partial charge in [0.25, 0.3) is 23.6 Å². The molecular weight excluding hydrogens is 1130 g/mol. The van der Waals surface area contributed by atoms with Crippen molar-refractivity contribution >= 4 is 67.8 Å². The summed E-state index contributed by atoms with van der Waals surface area (Å²) in [4.78, 5) is 90.9. The SMILES string of the molecule is CN(C)CCNC(=O)c1ccc(-c2nc3ccc(-c4ccc5nc(-c6ccc(C(=O)NCCCN(C)CCCNC(=O)c7ccc(-c8nc9ccc(-c%10ccc%11nc(-c%12ccc(C(=O)NCCN(C)C)cc%12)[nH]c%11c%10)cc9[nH]8)cc7)cc6)[nH]c5c4)cc3[nH]2)cc1. The lowest BCUT2D eigenvalue weighted by Gasteiger charge is -2.17. The van der Waals surface area contributed by atoms with E-state index in [1.807, 2.05) is 166 Å². The number of aromatic amines is 4. The van der Waals surface area contributed by atoms with Crippen molar-refractivity contribution in [1.29, 1.82) is 0 Å². The molecule has 4 aromatic heterocycles. The highest BCUT2D eigenvalue weighted by molar-refractivity contribution is 5.98. The van der Waals surface area contributed by atoms with E-state index >= 15 is 0 Å². The van der Waals surface area contributed by atoms with Crippen LogP contribution in [0.4, 0.5) is 0 Å². The standard InChI is InChI=1S/C71H71N15O4/c1-84(2)38-34-74-70(89)50-20-12-46(13-21-50)66-78-58-30-26-54(42-62(58)82-66)52-24-28-56-60(40-52)80-64(76-56)44-8-16-48(17-9-44)68(87)72-32-6-36-86(5)37-7-33-73-69(88)49-18-10-45(11-19-49)65-77-57-29-25-53(41-61(57)81-65)55-27-31-59-63(43-55)83-67(79-59)47-14-22-51(23-15-47)71(90)75-35-39-85(3)4/h8-31,40-43H,6-7,32-39H2,1-5H3,(H,72,87)(H,73,88)(H,74,89)(H,75,90)(H,76,80)(H,77,81)(H,78,82)(H,79,83). The van der Waals surface area contributed by atoms with Gasteiger partial charge in [0.2, 0.25) is 0 Å². The van der Waals surface area contributed by atoms with E-state index in [2.05, 4.69) is 94.6 Å². The van der Waals surface area contributed by atoms with Crippen LogP contribution in [0.1, 0.15) is 54.3 Å². The zero-order valence-electron chi connectivity index (χ0n) is 51.0. The first kappa shape index (κ1) is 59.7. The van der Waals surface area contributed by atoms with Crippen LogP contribution in [-0.2, 0) is 0 Å². The number of carbonyl (C=O) groups is 4. The normalized spacial score (nSPS) is 11.6. The number of H-pyrrole nitrogens is 4. The van der Waals surface area contributed by atoms with Crippen molar-refractivity contribution in [1.82, 2.24) is 75.8 Å². The van der Waals surface area contributed by atoms with Crippen molar-refractivity contribution in [2.24, 2.45) is 0 Å². The predicted molar refractivity (Wildman–Crippen MR) is 357 cm³/mol. The summed E-state index contributed by atoms with van der Waals surface area (Å²) in [7, 11) is 9.94. The van der Waals surface area contributed by atoms with Gasteiger partial charge in [0.05, 0.1) is 44.1 Å². The number of rotatable bonds is 24. The van der Waals surface area contributed by atoms with Gasteiger partial charge in [-0.3, -0.25) is 19.2 Å². The molecule has 8 aromatic carbocycles. The Bertz CT molecular complexity index is 4250. The number of likely N-dealkylation sites (N-methyl/N-ethyl adjacent to an activating group) is 2. The van der Waals surface area contributed by atoms with E-state index in [1.165, 1.54) is 0 Å². The first-order valence-corrected chi connectivity index (χ1v) is 30.3. The van der Waals surface area contributed by atoms with Crippen molar-refractivity contribution in [3.05, 3.63) is 192 Å². The Morgan fingerprint density at radius 1 is 0.311 bits per heavy atom. The number of aromatic nitrogens is 8. The fourth-order valence-electron chi connectivity index (χ4n) is 10.8. The predicted octanol–water partition coefficient (Wildman–Crippen LogP) is 10.6. The largest absolute Gasteiger partial charge is 0.352 e. The fourth-order valence-corrected chi connectivity index (χ4v) is 10.8. The summed E-state index contributed by atoms with van der Waals surface area (Å²) >= 11 is 0. The molecule has 0 spiro atoms. The molecule has 0 aliphatic heterocycles. The van der Waals surface area contributed by atoms with E-state index < -0.39 is 0 Å². The van der Waals surface area contributed by atoms with Crippen LogP contribution in [0, 0.1) is 0 Å². The van der Waals surface area contributed by atoms with Gasteiger partial charge >= 0.3 is 0 Å². The molecule has 19 heteroatoms. The third kappa shape index (κ3) is 14.0. The quantitative estimate of drug-likeness (QED) is 0.0265. The molecule has 0 aliphatic carbocycles. The second-order valence-corrected chi connectivity index (χ2v) is 23.2. The van der Waals surface area contributed by atoms with Gasteiger partial charge in [0.15, 0.2) is 0 Å². The summed E-state index contributed by atoms with van der Waals surface area (Å²) in [6.07, 6.45) is 1.56. The first-order chi connectivity index (χ1) is 43.7. The van der Waals surface area contributed by atoms with Crippen molar-refractivity contribution in [3.63, 3.8) is 0 Å². The summed E-state index contributed by atoms with van der Waals surface area (Å²) in [5.74, 6) is 2.42. The molecule has 4 heterocycles. The minimum absolute atomic E-state index is 0.0991. The van der Waals surface area contributed by atoms with E-state index in [0.717, 1.165) is 139 Å². The highest BCUT2D eigenvalue weighted by Crippen LogP contribution is 2.32. The molecule has 0 radical (unpaired) electrons. The maximum absolute atomic E-state index is 13.1. The van der Waals surface area contributed by atoms with Crippen molar-refractivity contribution in [2.75, 3.05) is 87.6 Å². The van der Waals surface area contributed by atoms with E-state index in [-0.39, 0.29) is 23.6 Å². The second kappa shape index (κ2) is 26.8. The Labute approximate surface area is 520 Å². The summed E-state index contributed by atoms with van der Waals surface area (Å²) in [6.45, 7) is 5.36. The highest BCUT2D eigenvalue weighted by atomic mass is 16.2. The molecular formula is C71H71N15O4. The van der Waals surface area contributed by atoms with E-state index in [1.54, 1.807) is 0 Å². The van der Waals surface area contributed by atoms with Gasteiger partial charge < -0.3 is 55.9 Å². The van der Waals surface area contributed by atoms with Crippen LogP contribution >= 0.6 is 0 Å². The number of nitrogens with one attached hydrogen (secondary N) is 8. The lowest BCUT2D eigenvalue weighted by Crippen LogP contribution is -2.31. The Balaban J connectivity index is 0.561. The van der Waals surface area contributed by atoms with Crippen LogP contribution < -0.4 is 21.3 Å². The number of amides is 4. The molecule has 0 saturated carbocycles. The minimum Gasteiger partial charge on any atom is -0.352 e. The van der Waals surface area contributed by atoms with Crippen LogP contribution in [0.3, 0.4) is 0 Å². The molecule has 0 fully saturated rings. The molecule has 0 atom stereocenters. The summed E-state index contributed by atoms with van der Waals surface area (Å²) in [5.41, 5.74) is 17.0. The van der Waals surface area contributed by atoms with E-state index in [0.29, 0.717) is 60.1 Å². The number of nitrogens with zero attached hydrogens (tertiary/aromatic N) is 7. The third-order valence-corrected chi connectivity index (χ3v) is 16.0. The van der Waals surface area contributed by atoms with Crippen LogP contribution in [0.15, 0.2) is 170 Å². The smallest absolute Gasteiger partial charge is 0.251 e. The van der Waals surface area contributed by atoms with Crippen molar-refractivity contribution in [2.45, 2.75) is 12.8 Å². The summed E-state index contributed by atoms with van der Waals surface area (Å²) in [5, 5.41) is 12.0. The third-order valence-electron chi connectivity index (χ3n) is 16.0. The zero-order chi connectivity index (χ0) is 62.3. The van der Waals surface area contributed by atoms with Gasteiger partial charge in [-0.05, 0) is 180 Å². The number of hydrogen-bond donors (Lipinski definition) is 8. The molecule has 0 saturated heterocycles. The van der Waals surface area contributed by atoms with Crippen LogP contribution in [0.25, 0.3) is 112 Å². The van der Waals surface area contributed by atoms with Crippen molar-refractivity contribution in [3.8, 4) is 67.8 Å². The molecule has 454 valence electrons. The van der Waals surface area contributed by atoms with E-state index in [4.69, 9.17) is 19.9 Å². The Hall–Kier alpha value is -10.6. The van der Waals surface area contributed by atoms with Crippen LogP contribution in [0.2, 0.25) is 0 Å². The van der Waals surface area contributed by atoms with Gasteiger partial charge in [-0.15, -0.1) is 0 Å².